The van der Waals surface area contributed by atoms with E-state index in [0.717, 1.165) is 0 Å². The molecule has 6 nitrogen and oxygen atoms in total. The fourth-order valence-electron chi connectivity index (χ4n) is 2.45. The number of carboxylic acid groups (broad SMARTS) is 1. The van der Waals surface area contributed by atoms with Crippen molar-refractivity contribution in [2.24, 2.45) is 0 Å². The summed E-state index contributed by atoms with van der Waals surface area (Å²) in [5.74, 6) is -1.12. The highest BCUT2D eigenvalue weighted by atomic mass is 35.5. The summed E-state index contributed by atoms with van der Waals surface area (Å²) in [6.07, 6.45) is 2.46. The summed E-state index contributed by atoms with van der Waals surface area (Å²) in [6, 6.07) is 1.46. The van der Waals surface area contributed by atoms with Crippen LogP contribution >= 0.6 is 11.6 Å². The molecular weight excluding hydrogens is 296 g/mol. The number of ether oxygens (including phenoxy) is 1. The lowest BCUT2D eigenvalue weighted by Crippen LogP contribution is -2.50. The van der Waals surface area contributed by atoms with Gasteiger partial charge in [0, 0.05) is 12.7 Å². The number of nitrogens with zero attached hydrogens (tertiary/aromatic N) is 2. The van der Waals surface area contributed by atoms with Crippen LogP contribution in [-0.2, 0) is 4.79 Å². The second-order valence-electron chi connectivity index (χ2n) is 5.08. The number of rotatable bonds is 4. The summed E-state index contributed by atoms with van der Waals surface area (Å²) < 4.78 is 5.21. The van der Waals surface area contributed by atoms with Crippen LogP contribution in [0.4, 0.5) is 0 Å². The summed E-state index contributed by atoms with van der Waals surface area (Å²) in [7, 11) is 0. The van der Waals surface area contributed by atoms with Crippen LogP contribution < -0.4 is 4.74 Å². The number of halogens is 1. The largest absolute Gasteiger partial charge is 0.480 e. The van der Waals surface area contributed by atoms with E-state index in [9.17, 15) is 14.7 Å². The van der Waals surface area contributed by atoms with Gasteiger partial charge in [0.2, 0.25) is 5.88 Å². The zero-order chi connectivity index (χ0) is 15.6. The Balaban J connectivity index is 2.28. The zero-order valence-corrected chi connectivity index (χ0v) is 12.7. The minimum atomic E-state index is -1.18. The number of likely N-dealkylation sites (tertiary alicyclic amines) is 1. The highest BCUT2D eigenvalue weighted by Gasteiger charge is 2.46. The third-order valence-electron chi connectivity index (χ3n) is 3.68. The SMILES string of the molecule is CCOc1ncc(C(=O)N2CCCC2(C)C(=O)O)cc1Cl. The van der Waals surface area contributed by atoms with E-state index in [0.29, 0.717) is 26.0 Å². The van der Waals surface area contributed by atoms with Crippen molar-refractivity contribution < 1.29 is 19.4 Å². The maximum atomic E-state index is 12.5. The standard InChI is InChI=1S/C14H17ClN2O4/c1-3-21-11-10(15)7-9(8-16-11)12(18)17-6-4-5-14(17,2)13(19)20/h7-8H,3-6H2,1-2H3,(H,19,20). The van der Waals surface area contributed by atoms with E-state index < -0.39 is 11.5 Å². The van der Waals surface area contributed by atoms with Gasteiger partial charge in [-0.1, -0.05) is 11.6 Å². The number of hydrogen-bond donors (Lipinski definition) is 1. The zero-order valence-electron chi connectivity index (χ0n) is 11.9. The molecule has 2 heterocycles. The first kappa shape index (κ1) is 15.6. The topological polar surface area (TPSA) is 79.7 Å². The van der Waals surface area contributed by atoms with Crippen LogP contribution in [0.25, 0.3) is 0 Å². The molecule has 114 valence electrons. The first-order valence-electron chi connectivity index (χ1n) is 6.74. The predicted molar refractivity (Wildman–Crippen MR) is 76.7 cm³/mol. The summed E-state index contributed by atoms with van der Waals surface area (Å²) in [5, 5.41) is 9.59. The molecule has 1 atom stereocenters. The molecule has 0 bridgehead atoms. The first-order chi connectivity index (χ1) is 9.90. The summed E-state index contributed by atoms with van der Waals surface area (Å²) in [6.45, 7) is 4.19. The lowest BCUT2D eigenvalue weighted by atomic mass is 9.99. The first-order valence-corrected chi connectivity index (χ1v) is 7.11. The van der Waals surface area contributed by atoms with Crippen molar-refractivity contribution in [3.05, 3.63) is 22.8 Å². The predicted octanol–water partition coefficient (Wildman–Crippen LogP) is 2.21. The number of amides is 1. The lowest BCUT2D eigenvalue weighted by Gasteiger charge is -2.31. The van der Waals surface area contributed by atoms with Crippen molar-refractivity contribution >= 4 is 23.5 Å². The average Bonchev–Trinajstić information content (AvgIpc) is 2.84. The van der Waals surface area contributed by atoms with Crippen LogP contribution in [0.15, 0.2) is 12.3 Å². The van der Waals surface area contributed by atoms with Gasteiger partial charge >= 0.3 is 5.97 Å². The number of pyridine rings is 1. The minimum absolute atomic E-state index is 0.235. The number of aromatic nitrogens is 1. The number of hydrogen-bond acceptors (Lipinski definition) is 4. The maximum Gasteiger partial charge on any atom is 0.329 e. The van der Waals surface area contributed by atoms with Crippen molar-refractivity contribution in [3.8, 4) is 5.88 Å². The Morgan fingerprint density at radius 2 is 2.29 bits per heavy atom. The van der Waals surface area contributed by atoms with Gasteiger partial charge in [-0.2, -0.15) is 0 Å². The number of carbonyl (C=O) groups excluding carboxylic acids is 1. The molecule has 0 radical (unpaired) electrons. The van der Waals surface area contributed by atoms with Gasteiger partial charge in [-0.25, -0.2) is 9.78 Å². The highest BCUT2D eigenvalue weighted by Crippen LogP contribution is 2.31. The van der Waals surface area contributed by atoms with Gasteiger partial charge < -0.3 is 14.7 Å². The van der Waals surface area contributed by atoms with Crippen LogP contribution in [0.1, 0.15) is 37.0 Å². The second kappa shape index (κ2) is 5.89. The molecule has 1 fully saturated rings. The average molecular weight is 313 g/mol. The number of aliphatic carboxylic acids is 1. The molecule has 1 aromatic heterocycles. The molecule has 1 aliphatic rings. The highest BCUT2D eigenvalue weighted by molar-refractivity contribution is 6.32. The fraction of sp³-hybridized carbons (Fsp3) is 0.500. The van der Waals surface area contributed by atoms with E-state index in [1.54, 1.807) is 13.8 Å². The lowest BCUT2D eigenvalue weighted by molar-refractivity contribution is -0.147. The molecule has 1 amide bonds. The van der Waals surface area contributed by atoms with E-state index in [-0.39, 0.29) is 22.4 Å². The van der Waals surface area contributed by atoms with Crippen LogP contribution in [0.5, 0.6) is 5.88 Å². The van der Waals surface area contributed by atoms with Crippen molar-refractivity contribution in [2.75, 3.05) is 13.2 Å². The Morgan fingerprint density at radius 3 is 2.86 bits per heavy atom. The molecular formula is C14H17ClN2O4. The normalized spacial score (nSPS) is 21.4. The molecule has 0 aliphatic carbocycles. The van der Waals surface area contributed by atoms with Crippen LogP contribution in [-0.4, -0.2) is 45.6 Å². The van der Waals surface area contributed by atoms with E-state index in [1.807, 2.05) is 0 Å². The van der Waals surface area contributed by atoms with Crippen molar-refractivity contribution in [3.63, 3.8) is 0 Å². The monoisotopic (exact) mass is 312 g/mol. The van der Waals surface area contributed by atoms with E-state index >= 15 is 0 Å². The molecule has 2 rings (SSSR count). The van der Waals surface area contributed by atoms with E-state index in [1.165, 1.54) is 17.2 Å². The smallest absolute Gasteiger partial charge is 0.329 e. The minimum Gasteiger partial charge on any atom is -0.480 e. The quantitative estimate of drug-likeness (QED) is 0.922. The third kappa shape index (κ3) is 2.81. The van der Waals surface area contributed by atoms with Crippen molar-refractivity contribution in [2.45, 2.75) is 32.2 Å². The molecule has 1 N–H and O–H groups in total. The van der Waals surface area contributed by atoms with Gasteiger partial charge in [0.25, 0.3) is 5.91 Å². The Bertz CT molecular complexity index is 578. The van der Waals surface area contributed by atoms with Gasteiger partial charge in [-0.3, -0.25) is 4.79 Å². The Morgan fingerprint density at radius 1 is 1.57 bits per heavy atom. The van der Waals surface area contributed by atoms with Gasteiger partial charge in [0.05, 0.1) is 12.2 Å². The molecule has 7 heteroatoms. The van der Waals surface area contributed by atoms with Crippen LogP contribution in [0.3, 0.4) is 0 Å². The Labute approximate surface area is 127 Å². The van der Waals surface area contributed by atoms with Gasteiger partial charge in [0.15, 0.2) is 0 Å². The third-order valence-corrected chi connectivity index (χ3v) is 3.95. The molecule has 1 unspecified atom stereocenters. The Hall–Kier alpha value is -1.82. The summed E-state index contributed by atoms with van der Waals surface area (Å²) >= 11 is 6.02. The molecule has 0 aromatic carbocycles. The van der Waals surface area contributed by atoms with Crippen LogP contribution in [0.2, 0.25) is 5.02 Å². The van der Waals surface area contributed by atoms with Crippen molar-refractivity contribution in [1.29, 1.82) is 0 Å². The fourth-order valence-corrected chi connectivity index (χ4v) is 2.67. The molecule has 1 aromatic rings. The molecule has 21 heavy (non-hydrogen) atoms. The molecule has 0 saturated carbocycles. The molecule has 0 spiro atoms. The second-order valence-corrected chi connectivity index (χ2v) is 5.49. The number of carbonyl (C=O) groups is 2. The van der Waals surface area contributed by atoms with E-state index in [2.05, 4.69) is 4.98 Å². The number of carboxylic acids is 1. The van der Waals surface area contributed by atoms with E-state index in [4.69, 9.17) is 16.3 Å². The maximum absolute atomic E-state index is 12.5. The van der Waals surface area contributed by atoms with Gasteiger partial charge in [-0.05, 0) is 32.8 Å². The summed E-state index contributed by atoms with van der Waals surface area (Å²) in [4.78, 5) is 29.3. The Kier molecular flexibility index (Phi) is 4.37. The van der Waals surface area contributed by atoms with Gasteiger partial charge in [-0.15, -0.1) is 0 Å². The van der Waals surface area contributed by atoms with Crippen LogP contribution in [0, 0.1) is 0 Å². The van der Waals surface area contributed by atoms with Gasteiger partial charge in [0.1, 0.15) is 10.6 Å². The molecule has 1 aliphatic heterocycles. The molecule has 1 saturated heterocycles. The summed E-state index contributed by atoms with van der Waals surface area (Å²) in [5.41, 5.74) is -0.917. The van der Waals surface area contributed by atoms with Crippen molar-refractivity contribution in [1.82, 2.24) is 9.88 Å².